The van der Waals surface area contributed by atoms with Crippen molar-refractivity contribution in [1.82, 2.24) is 10.1 Å². The molecule has 0 aliphatic carbocycles. The Balaban J connectivity index is 2.78. The SMILES string of the molecule is CCC[C@H](N)c1nc(C(C)(C)C)no1. The standard InChI is InChI=1S/C10H19N3O/c1-5-6-7(11)8-12-9(13-14-8)10(2,3)4/h7H,5-6,11H2,1-4H3/t7-/m0/s1. The van der Waals surface area contributed by atoms with Crippen LogP contribution in [-0.4, -0.2) is 10.1 Å². The predicted octanol–water partition coefficient (Wildman–Crippen LogP) is 2.17. The second kappa shape index (κ2) is 4.09. The Morgan fingerprint density at radius 2 is 2.07 bits per heavy atom. The first-order valence-corrected chi connectivity index (χ1v) is 5.04. The first-order valence-electron chi connectivity index (χ1n) is 5.04. The van der Waals surface area contributed by atoms with Gasteiger partial charge in [-0.1, -0.05) is 39.3 Å². The number of aromatic nitrogens is 2. The smallest absolute Gasteiger partial charge is 0.243 e. The van der Waals surface area contributed by atoms with Crippen molar-refractivity contribution < 1.29 is 4.52 Å². The summed E-state index contributed by atoms with van der Waals surface area (Å²) in [5.41, 5.74) is 5.79. The minimum Gasteiger partial charge on any atom is -0.338 e. The highest BCUT2D eigenvalue weighted by Crippen LogP contribution is 2.21. The molecule has 14 heavy (non-hydrogen) atoms. The van der Waals surface area contributed by atoms with E-state index in [4.69, 9.17) is 10.3 Å². The predicted molar refractivity (Wildman–Crippen MR) is 54.8 cm³/mol. The maximum absolute atomic E-state index is 5.87. The molecule has 0 bridgehead atoms. The largest absolute Gasteiger partial charge is 0.338 e. The van der Waals surface area contributed by atoms with Gasteiger partial charge in [0.05, 0.1) is 6.04 Å². The van der Waals surface area contributed by atoms with Crippen LogP contribution in [0, 0.1) is 0 Å². The summed E-state index contributed by atoms with van der Waals surface area (Å²) in [6.07, 6.45) is 1.90. The highest BCUT2D eigenvalue weighted by Gasteiger charge is 2.22. The molecule has 4 nitrogen and oxygen atoms in total. The van der Waals surface area contributed by atoms with Gasteiger partial charge >= 0.3 is 0 Å². The third-order valence-corrected chi connectivity index (χ3v) is 2.03. The average Bonchev–Trinajstić information content (AvgIpc) is 2.51. The van der Waals surface area contributed by atoms with E-state index in [1.807, 2.05) is 20.8 Å². The summed E-state index contributed by atoms with van der Waals surface area (Å²) in [6, 6.07) is -0.122. The van der Waals surface area contributed by atoms with Gasteiger partial charge < -0.3 is 10.3 Å². The summed E-state index contributed by atoms with van der Waals surface area (Å²) < 4.78 is 5.12. The zero-order valence-electron chi connectivity index (χ0n) is 9.37. The quantitative estimate of drug-likeness (QED) is 0.806. The van der Waals surface area contributed by atoms with Crippen LogP contribution in [0.1, 0.15) is 58.3 Å². The Morgan fingerprint density at radius 1 is 1.43 bits per heavy atom. The summed E-state index contributed by atoms with van der Waals surface area (Å²) in [5.74, 6) is 1.27. The van der Waals surface area contributed by atoms with Gasteiger partial charge in [0.25, 0.3) is 0 Å². The van der Waals surface area contributed by atoms with Crippen molar-refractivity contribution in [2.75, 3.05) is 0 Å². The molecule has 0 aliphatic rings. The fraction of sp³-hybridized carbons (Fsp3) is 0.800. The van der Waals surface area contributed by atoms with Crippen molar-refractivity contribution in [3.05, 3.63) is 11.7 Å². The monoisotopic (exact) mass is 197 g/mol. The second-order valence-corrected chi connectivity index (χ2v) is 4.60. The Labute approximate surface area is 84.9 Å². The summed E-state index contributed by atoms with van der Waals surface area (Å²) >= 11 is 0. The van der Waals surface area contributed by atoms with Crippen LogP contribution in [-0.2, 0) is 5.41 Å². The lowest BCUT2D eigenvalue weighted by molar-refractivity contribution is 0.338. The highest BCUT2D eigenvalue weighted by atomic mass is 16.5. The Bertz CT molecular complexity index is 288. The number of nitrogens with two attached hydrogens (primary N) is 1. The van der Waals surface area contributed by atoms with E-state index in [2.05, 4.69) is 17.1 Å². The van der Waals surface area contributed by atoms with Crippen molar-refractivity contribution in [3.63, 3.8) is 0 Å². The molecular weight excluding hydrogens is 178 g/mol. The first kappa shape index (κ1) is 11.2. The molecule has 4 heteroatoms. The molecule has 1 aromatic heterocycles. The zero-order chi connectivity index (χ0) is 10.8. The summed E-state index contributed by atoms with van der Waals surface area (Å²) in [7, 11) is 0. The highest BCUT2D eigenvalue weighted by molar-refractivity contribution is 5.01. The normalized spacial score (nSPS) is 14.4. The lowest BCUT2D eigenvalue weighted by Gasteiger charge is -2.11. The molecule has 0 amide bonds. The molecule has 0 radical (unpaired) electrons. The van der Waals surface area contributed by atoms with E-state index >= 15 is 0 Å². The van der Waals surface area contributed by atoms with Gasteiger partial charge in [0, 0.05) is 5.41 Å². The summed E-state index contributed by atoms with van der Waals surface area (Å²) in [6.45, 7) is 8.23. The minimum absolute atomic E-state index is 0.0757. The van der Waals surface area contributed by atoms with E-state index < -0.39 is 0 Å². The van der Waals surface area contributed by atoms with E-state index in [9.17, 15) is 0 Å². The van der Waals surface area contributed by atoms with Crippen LogP contribution >= 0.6 is 0 Å². The van der Waals surface area contributed by atoms with Gasteiger partial charge in [-0.05, 0) is 6.42 Å². The van der Waals surface area contributed by atoms with E-state index in [0.717, 1.165) is 18.7 Å². The van der Waals surface area contributed by atoms with Crippen LogP contribution in [0.5, 0.6) is 0 Å². The van der Waals surface area contributed by atoms with E-state index in [1.54, 1.807) is 0 Å². The van der Waals surface area contributed by atoms with Gasteiger partial charge in [0.1, 0.15) is 0 Å². The Kier molecular flexibility index (Phi) is 3.26. The molecule has 0 aromatic carbocycles. The number of rotatable bonds is 3. The van der Waals surface area contributed by atoms with Gasteiger partial charge in [0.15, 0.2) is 5.82 Å². The fourth-order valence-electron chi connectivity index (χ4n) is 1.12. The fourth-order valence-corrected chi connectivity index (χ4v) is 1.12. The minimum atomic E-state index is -0.122. The number of hydrogen-bond acceptors (Lipinski definition) is 4. The molecule has 1 rings (SSSR count). The van der Waals surface area contributed by atoms with Crippen molar-refractivity contribution in [1.29, 1.82) is 0 Å². The topological polar surface area (TPSA) is 64.9 Å². The average molecular weight is 197 g/mol. The van der Waals surface area contributed by atoms with Crippen LogP contribution in [0.2, 0.25) is 0 Å². The third kappa shape index (κ3) is 2.54. The maximum atomic E-state index is 5.87. The van der Waals surface area contributed by atoms with Gasteiger partial charge in [-0.3, -0.25) is 0 Å². The van der Waals surface area contributed by atoms with Crippen molar-refractivity contribution in [2.24, 2.45) is 5.73 Å². The Morgan fingerprint density at radius 3 is 2.50 bits per heavy atom. The zero-order valence-corrected chi connectivity index (χ0v) is 9.37. The molecule has 1 aromatic rings. The van der Waals surface area contributed by atoms with Crippen LogP contribution in [0.4, 0.5) is 0 Å². The summed E-state index contributed by atoms with van der Waals surface area (Å²) in [4.78, 5) is 4.30. The lowest BCUT2D eigenvalue weighted by atomic mass is 9.96. The summed E-state index contributed by atoms with van der Waals surface area (Å²) in [5, 5.41) is 3.92. The molecular formula is C10H19N3O. The molecule has 0 spiro atoms. The number of nitrogens with zero attached hydrogens (tertiary/aromatic N) is 2. The molecule has 0 saturated heterocycles. The molecule has 0 aliphatic heterocycles. The van der Waals surface area contributed by atoms with Gasteiger partial charge in [-0.25, -0.2) is 0 Å². The molecule has 0 saturated carbocycles. The van der Waals surface area contributed by atoms with Crippen LogP contribution in [0.3, 0.4) is 0 Å². The van der Waals surface area contributed by atoms with Crippen LogP contribution in [0.15, 0.2) is 4.52 Å². The van der Waals surface area contributed by atoms with Gasteiger partial charge in [-0.2, -0.15) is 4.98 Å². The van der Waals surface area contributed by atoms with Crippen molar-refractivity contribution >= 4 is 0 Å². The molecule has 80 valence electrons. The van der Waals surface area contributed by atoms with E-state index in [0.29, 0.717) is 5.89 Å². The molecule has 0 fully saturated rings. The lowest BCUT2D eigenvalue weighted by Crippen LogP contribution is -2.15. The van der Waals surface area contributed by atoms with Crippen molar-refractivity contribution in [3.8, 4) is 0 Å². The van der Waals surface area contributed by atoms with Crippen LogP contribution < -0.4 is 5.73 Å². The Hall–Kier alpha value is -0.900. The van der Waals surface area contributed by atoms with Crippen LogP contribution in [0.25, 0.3) is 0 Å². The molecule has 0 unspecified atom stereocenters. The first-order chi connectivity index (χ1) is 6.45. The van der Waals surface area contributed by atoms with E-state index in [-0.39, 0.29) is 11.5 Å². The molecule has 1 atom stereocenters. The van der Waals surface area contributed by atoms with E-state index in [1.165, 1.54) is 0 Å². The van der Waals surface area contributed by atoms with Crippen molar-refractivity contribution in [2.45, 2.75) is 52.0 Å². The maximum Gasteiger partial charge on any atom is 0.243 e. The third-order valence-electron chi connectivity index (χ3n) is 2.03. The van der Waals surface area contributed by atoms with Gasteiger partial charge in [0.2, 0.25) is 5.89 Å². The molecule has 2 N–H and O–H groups in total. The number of hydrogen-bond donors (Lipinski definition) is 1. The van der Waals surface area contributed by atoms with Gasteiger partial charge in [-0.15, -0.1) is 0 Å². The second-order valence-electron chi connectivity index (χ2n) is 4.60. The molecule has 1 heterocycles.